The molecule has 6 heteroatoms. The van der Waals surface area contributed by atoms with Crippen molar-refractivity contribution in [3.8, 4) is 0 Å². The number of thiocarbonyl (C=S) groups is 1. The van der Waals surface area contributed by atoms with Crippen molar-refractivity contribution in [1.82, 2.24) is 5.32 Å². The molecule has 0 radical (unpaired) electrons. The molecule has 1 N–H and O–H groups in total. The Morgan fingerprint density at radius 1 is 1.10 bits per heavy atom. The first-order valence-corrected chi connectivity index (χ1v) is 7.96. The summed E-state index contributed by atoms with van der Waals surface area (Å²) >= 11 is 8.87. The van der Waals surface area contributed by atoms with E-state index in [9.17, 15) is 0 Å². The maximum atomic E-state index is 5.45. The fraction of sp³-hybridized carbons (Fsp3) is 0.533. The van der Waals surface area contributed by atoms with Gasteiger partial charge >= 0.3 is 0 Å². The zero-order chi connectivity index (χ0) is 16.3. The van der Waals surface area contributed by atoms with Gasteiger partial charge in [-0.05, 0) is 71.1 Å². The van der Waals surface area contributed by atoms with Crippen LogP contribution in [0.2, 0.25) is 0 Å². The van der Waals surface area contributed by atoms with E-state index in [1.54, 1.807) is 0 Å². The van der Waals surface area contributed by atoms with Crippen LogP contribution in [0.5, 0.6) is 0 Å². The second-order valence-corrected chi connectivity index (χ2v) is 7.70. The average Bonchev–Trinajstić information content (AvgIpc) is 2.35. The minimum Gasteiger partial charge on any atom is -0.337 e. The second kappa shape index (κ2) is 6.83. The van der Waals surface area contributed by atoms with Crippen molar-refractivity contribution in [2.75, 3.05) is 11.9 Å². The first-order valence-electron chi connectivity index (χ1n) is 6.76. The van der Waals surface area contributed by atoms with Crippen LogP contribution in [0.1, 0.15) is 34.6 Å². The Morgan fingerprint density at radius 3 is 2.10 bits per heavy atom. The van der Waals surface area contributed by atoms with Gasteiger partial charge in [-0.2, -0.15) is 10.2 Å². The van der Waals surface area contributed by atoms with Gasteiger partial charge in [-0.3, -0.25) is 0 Å². The third-order valence-corrected chi connectivity index (χ3v) is 3.44. The van der Waals surface area contributed by atoms with E-state index in [-0.39, 0.29) is 5.54 Å². The summed E-state index contributed by atoms with van der Waals surface area (Å²) < 4.78 is 1.04. The smallest absolute Gasteiger partial charge is 0.175 e. The molecule has 4 nitrogen and oxygen atoms in total. The lowest BCUT2D eigenvalue weighted by atomic mass is 10.1. The molecule has 0 bridgehead atoms. The van der Waals surface area contributed by atoms with E-state index in [4.69, 9.17) is 12.2 Å². The standard InChI is InChI=1S/C15H23BrN4S/c1-14(2,3)18-19-15(4,5)17-13(21)20(6)12-9-7-11(16)8-10-12/h7-10H,1-6H3,(H,17,21)/b19-18+. The largest absolute Gasteiger partial charge is 0.337 e. The lowest BCUT2D eigenvalue weighted by molar-refractivity contribution is 0.416. The molecule has 0 spiro atoms. The zero-order valence-electron chi connectivity index (χ0n) is 13.4. The van der Waals surface area contributed by atoms with E-state index in [1.807, 2.05) is 70.8 Å². The second-order valence-electron chi connectivity index (χ2n) is 6.40. The molecule has 21 heavy (non-hydrogen) atoms. The van der Waals surface area contributed by atoms with Crippen LogP contribution >= 0.6 is 28.1 Å². The van der Waals surface area contributed by atoms with Crippen LogP contribution in [0, 0.1) is 0 Å². The highest BCUT2D eigenvalue weighted by Crippen LogP contribution is 2.18. The van der Waals surface area contributed by atoms with E-state index < -0.39 is 5.66 Å². The van der Waals surface area contributed by atoms with E-state index >= 15 is 0 Å². The molecule has 0 saturated carbocycles. The van der Waals surface area contributed by atoms with E-state index in [0.29, 0.717) is 5.11 Å². The quantitative estimate of drug-likeness (QED) is 0.616. The maximum absolute atomic E-state index is 5.45. The molecule has 116 valence electrons. The monoisotopic (exact) mass is 370 g/mol. The van der Waals surface area contributed by atoms with Crippen molar-refractivity contribution < 1.29 is 0 Å². The molecule has 0 saturated heterocycles. The highest BCUT2D eigenvalue weighted by molar-refractivity contribution is 9.10. The Bertz CT molecular complexity index is 517. The van der Waals surface area contributed by atoms with Crippen LogP contribution in [-0.2, 0) is 0 Å². The average molecular weight is 371 g/mol. The SMILES string of the molecule is CN(C(=S)NC(C)(C)/N=N/C(C)(C)C)c1ccc(Br)cc1. The Morgan fingerprint density at radius 2 is 1.62 bits per heavy atom. The molecular formula is C15H23BrN4S. The molecule has 0 unspecified atom stereocenters. The summed E-state index contributed by atoms with van der Waals surface area (Å²) in [6, 6.07) is 7.97. The Kier molecular flexibility index (Phi) is 5.87. The number of benzene rings is 1. The van der Waals surface area contributed by atoms with Crippen LogP contribution in [0.25, 0.3) is 0 Å². The van der Waals surface area contributed by atoms with Gasteiger partial charge in [-0.1, -0.05) is 15.9 Å². The van der Waals surface area contributed by atoms with Crippen molar-refractivity contribution in [1.29, 1.82) is 0 Å². The van der Waals surface area contributed by atoms with Crippen LogP contribution in [0.4, 0.5) is 5.69 Å². The third-order valence-electron chi connectivity index (χ3n) is 2.53. The van der Waals surface area contributed by atoms with Gasteiger partial charge in [-0.25, -0.2) is 0 Å². The van der Waals surface area contributed by atoms with Crippen molar-refractivity contribution in [3.63, 3.8) is 0 Å². The van der Waals surface area contributed by atoms with Crippen LogP contribution in [0.3, 0.4) is 0 Å². The number of hydrogen-bond acceptors (Lipinski definition) is 3. The normalized spacial score (nSPS) is 12.5. The lowest BCUT2D eigenvalue weighted by Crippen LogP contribution is -2.47. The van der Waals surface area contributed by atoms with Crippen molar-refractivity contribution in [2.24, 2.45) is 10.2 Å². The van der Waals surface area contributed by atoms with Crippen molar-refractivity contribution in [3.05, 3.63) is 28.7 Å². The first-order chi connectivity index (χ1) is 9.50. The summed E-state index contributed by atoms with van der Waals surface area (Å²) in [6.45, 7) is 9.94. The fourth-order valence-corrected chi connectivity index (χ4v) is 2.05. The molecule has 0 atom stereocenters. The summed E-state index contributed by atoms with van der Waals surface area (Å²) in [5.41, 5.74) is 0.269. The molecule has 1 aromatic rings. The molecule has 0 aliphatic heterocycles. The number of azo groups is 1. The molecule has 0 amide bonds. The summed E-state index contributed by atoms with van der Waals surface area (Å²) in [5, 5.41) is 12.5. The van der Waals surface area contributed by atoms with Gasteiger partial charge in [0.2, 0.25) is 0 Å². The predicted molar refractivity (Wildman–Crippen MR) is 97.0 cm³/mol. The van der Waals surface area contributed by atoms with Gasteiger partial charge in [0, 0.05) is 17.2 Å². The van der Waals surface area contributed by atoms with Gasteiger partial charge in [0.25, 0.3) is 0 Å². The molecule has 0 aliphatic carbocycles. The first kappa shape index (κ1) is 18.0. The number of halogens is 1. The number of nitrogens with one attached hydrogen (secondary N) is 1. The maximum Gasteiger partial charge on any atom is 0.175 e. The van der Waals surface area contributed by atoms with Crippen molar-refractivity contribution >= 4 is 38.9 Å². The van der Waals surface area contributed by atoms with Crippen LogP contribution in [-0.4, -0.2) is 23.4 Å². The molecule has 0 aliphatic rings. The Labute approximate surface area is 141 Å². The molecule has 0 heterocycles. The van der Waals surface area contributed by atoms with E-state index in [2.05, 4.69) is 31.5 Å². The molecule has 1 aromatic carbocycles. The predicted octanol–water partition coefficient (Wildman–Crippen LogP) is 4.75. The lowest BCUT2D eigenvalue weighted by Gasteiger charge is -2.28. The minimum atomic E-state index is -0.548. The van der Waals surface area contributed by atoms with E-state index in [1.165, 1.54) is 0 Å². The molecule has 0 aromatic heterocycles. The van der Waals surface area contributed by atoms with Gasteiger partial charge in [0.15, 0.2) is 5.11 Å². The fourth-order valence-electron chi connectivity index (χ4n) is 1.43. The van der Waals surface area contributed by atoms with Crippen molar-refractivity contribution in [2.45, 2.75) is 45.8 Å². The van der Waals surface area contributed by atoms with Gasteiger partial charge in [0.1, 0.15) is 5.66 Å². The number of nitrogens with zero attached hydrogens (tertiary/aromatic N) is 3. The molecule has 1 rings (SSSR count). The van der Waals surface area contributed by atoms with Gasteiger partial charge < -0.3 is 10.2 Å². The molecule has 0 fully saturated rings. The Hall–Kier alpha value is -1.01. The highest BCUT2D eigenvalue weighted by atomic mass is 79.9. The van der Waals surface area contributed by atoms with Gasteiger partial charge in [0.05, 0.1) is 5.54 Å². The zero-order valence-corrected chi connectivity index (χ0v) is 15.8. The minimum absolute atomic E-state index is 0.196. The topological polar surface area (TPSA) is 40.0 Å². The Balaban J connectivity index is 2.75. The number of rotatable bonds is 3. The third kappa shape index (κ3) is 6.52. The molecular weight excluding hydrogens is 348 g/mol. The summed E-state index contributed by atoms with van der Waals surface area (Å²) in [6.07, 6.45) is 0. The number of hydrogen-bond donors (Lipinski definition) is 1. The highest BCUT2D eigenvalue weighted by Gasteiger charge is 2.21. The summed E-state index contributed by atoms with van der Waals surface area (Å²) in [5.74, 6) is 0. The van der Waals surface area contributed by atoms with Crippen LogP contribution in [0.15, 0.2) is 39.0 Å². The van der Waals surface area contributed by atoms with E-state index in [0.717, 1.165) is 10.2 Å². The van der Waals surface area contributed by atoms with Crippen LogP contribution < -0.4 is 10.2 Å². The number of anilines is 1. The summed E-state index contributed by atoms with van der Waals surface area (Å²) in [4.78, 5) is 1.91. The summed E-state index contributed by atoms with van der Waals surface area (Å²) in [7, 11) is 1.93. The van der Waals surface area contributed by atoms with Gasteiger partial charge in [-0.15, -0.1) is 0 Å².